The van der Waals surface area contributed by atoms with Gasteiger partial charge in [0.05, 0.1) is 5.69 Å². The van der Waals surface area contributed by atoms with E-state index in [1.54, 1.807) is 0 Å². The Balaban J connectivity index is 0.924. The Morgan fingerprint density at radius 3 is 1.26 bits per heavy atom. The van der Waals surface area contributed by atoms with E-state index in [0.29, 0.717) is 0 Å². The van der Waals surface area contributed by atoms with Gasteiger partial charge in [0.15, 0.2) is 8.07 Å². The molecule has 0 unspecified atom stereocenters. The van der Waals surface area contributed by atoms with Gasteiger partial charge < -0.3 is 19.1 Å². The molecule has 19 rings (SSSR count). The van der Waals surface area contributed by atoms with Gasteiger partial charge in [0.1, 0.15) is 22.3 Å². The Hall–Kier alpha value is -12.2. The summed E-state index contributed by atoms with van der Waals surface area (Å²) in [6.07, 6.45) is 0. The SMILES string of the molecule is c1ccc(-c2cc(-c3ccccc3)c(N3c4ccc(-c5cccc6c5oc5ccccc56)cc4B4c5cc(-c6cccc7c6oc6ccccc67)ccc5Nc5c(-c6cccc([Si](c7ccccc7)(c7ccccc7)c7ccccc7)c6)ccc3c54)c(-c3ccccc3)c2)cc1. The highest BCUT2D eigenvalue weighted by molar-refractivity contribution is 7.20. The number of hydrogen-bond donors (Lipinski definition) is 1. The monoisotopic (exact) mass is 1240 g/mol. The third kappa shape index (κ3) is 8.76. The van der Waals surface area contributed by atoms with Crippen molar-refractivity contribution < 1.29 is 8.83 Å². The maximum atomic E-state index is 6.92. The van der Waals surface area contributed by atoms with Gasteiger partial charge in [-0.2, -0.15) is 0 Å². The van der Waals surface area contributed by atoms with Crippen LogP contribution in [0.5, 0.6) is 0 Å². The van der Waals surface area contributed by atoms with Gasteiger partial charge in [-0.3, -0.25) is 0 Å². The molecule has 0 fully saturated rings. The molecule has 0 radical (unpaired) electrons. The predicted octanol–water partition coefficient (Wildman–Crippen LogP) is 19.2. The zero-order valence-electron chi connectivity index (χ0n) is 52.3. The minimum atomic E-state index is -2.97. The smallest absolute Gasteiger partial charge is 0.252 e. The summed E-state index contributed by atoms with van der Waals surface area (Å²) in [5, 5.41) is 14.0. The second kappa shape index (κ2) is 22.5. The lowest BCUT2D eigenvalue weighted by molar-refractivity contribution is 0.669. The molecule has 2 aliphatic heterocycles. The molecule has 0 bridgehead atoms. The van der Waals surface area contributed by atoms with Crippen molar-refractivity contribution in [1.29, 1.82) is 0 Å². The topological polar surface area (TPSA) is 41.6 Å². The molecule has 4 nitrogen and oxygen atoms in total. The van der Waals surface area contributed by atoms with Gasteiger partial charge in [-0.25, -0.2) is 0 Å². The predicted molar refractivity (Wildman–Crippen MR) is 406 cm³/mol. The lowest BCUT2D eigenvalue weighted by Crippen LogP contribution is -2.74. The molecule has 0 amide bonds. The highest BCUT2D eigenvalue weighted by Gasteiger charge is 2.45. The van der Waals surface area contributed by atoms with Gasteiger partial charge in [0.2, 0.25) is 0 Å². The Labute approximate surface area is 558 Å². The Kier molecular flexibility index (Phi) is 13.0. The first-order valence-electron chi connectivity index (χ1n) is 33.1. The van der Waals surface area contributed by atoms with Gasteiger partial charge >= 0.3 is 0 Å². The lowest BCUT2D eigenvalue weighted by atomic mass is 9.33. The molecule has 0 saturated carbocycles. The summed E-state index contributed by atoms with van der Waals surface area (Å²) in [4.78, 5) is 2.61. The summed E-state index contributed by atoms with van der Waals surface area (Å²) in [7, 11) is -2.97. The minimum Gasteiger partial charge on any atom is -0.455 e. The van der Waals surface area contributed by atoms with Crippen LogP contribution in [-0.2, 0) is 0 Å². The fourth-order valence-corrected chi connectivity index (χ4v) is 20.8. The minimum absolute atomic E-state index is 0.277. The molecule has 15 aromatic carbocycles. The quantitative estimate of drug-likeness (QED) is 0.104. The zero-order valence-corrected chi connectivity index (χ0v) is 53.3. The van der Waals surface area contributed by atoms with E-state index in [4.69, 9.17) is 8.83 Å². The summed E-state index contributed by atoms with van der Waals surface area (Å²) in [6.45, 7) is -0.277. The van der Waals surface area contributed by atoms with Gasteiger partial charge in [0, 0.05) is 72.1 Å². The van der Waals surface area contributed by atoms with Crippen LogP contribution in [-0.4, -0.2) is 14.8 Å². The van der Waals surface area contributed by atoms with Crippen LogP contribution >= 0.6 is 0 Å². The molecule has 6 heteroatoms. The number of nitrogens with one attached hydrogen (secondary N) is 1. The van der Waals surface area contributed by atoms with E-state index in [2.05, 4.69) is 362 Å². The molecule has 96 heavy (non-hydrogen) atoms. The average Bonchev–Trinajstić information content (AvgIpc) is 0.854. The third-order valence-electron chi connectivity index (χ3n) is 20.2. The largest absolute Gasteiger partial charge is 0.455 e. The van der Waals surface area contributed by atoms with Crippen LogP contribution in [0.25, 0.3) is 111 Å². The van der Waals surface area contributed by atoms with Crippen molar-refractivity contribution in [2.45, 2.75) is 0 Å². The first-order valence-corrected chi connectivity index (χ1v) is 35.1. The van der Waals surface area contributed by atoms with E-state index in [1.165, 1.54) is 37.1 Å². The van der Waals surface area contributed by atoms with Crippen LogP contribution in [0.15, 0.2) is 361 Å². The third-order valence-corrected chi connectivity index (χ3v) is 25.0. The first-order chi connectivity index (χ1) is 47.6. The van der Waals surface area contributed by atoms with E-state index in [1.807, 2.05) is 0 Å². The first kappa shape index (κ1) is 55.4. The van der Waals surface area contributed by atoms with Crippen LogP contribution < -0.4 is 47.4 Å². The van der Waals surface area contributed by atoms with E-state index < -0.39 is 8.07 Å². The molecule has 17 aromatic rings. The van der Waals surface area contributed by atoms with Crippen LogP contribution in [0.3, 0.4) is 0 Å². The van der Waals surface area contributed by atoms with Crippen molar-refractivity contribution >= 4 is 124 Å². The fourth-order valence-electron chi connectivity index (χ4n) is 16.0. The van der Waals surface area contributed by atoms with Crippen LogP contribution in [0.4, 0.5) is 28.4 Å². The number of hydrogen-bond acceptors (Lipinski definition) is 4. The molecule has 4 heterocycles. The van der Waals surface area contributed by atoms with Crippen molar-refractivity contribution in [2.24, 2.45) is 0 Å². The van der Waals surface area contributed by atoms with Crippen LogP contribution in [0, 0.1) is 0 Å². The second-order valence-electron chi connectivity index (χ2n) is 25.4. The highest BCUT2D eigenvalue weighted by atomic mass is 28.3. The highest BCUT2D eigenvalue weighted by Crippen LogP contribution is 2.52. The molecule has 0 aliphatic carbocycles. The van der Waals surface area contributed by atoms with Crippen molar-refractivity contribution in [1.82, 2.24) is 0 Å². The van der Waals surface area contributed by atoms with Crippen LogP contribution in [0.2, 0.25) is 0 Å². The van der Waals surface area contributed by atoms with Crippen molar-refractivity contribution in [3.8, 4) is 66.8 Å². The number of fused-ring (bicyclic) bond motifs is 10. The molecule has 2 aromatic heterocycles. The van der Waals surface area contributed by atoms with Crippen molar-refractivity contribution in [2.75, 3.05) is 10.2 Å². The number of nitrogens with zero attached hydrogens (tertiary/aromatic N) is 1. The lowest BCUT2D eigenvalue weighted by Gasteiger charge is -2.43. The molecule has 448 valence electrons. The van der Waals surface area contributed by atoms with Crippen molar-refractivity contribution in [3.63, 3.8) is 0 Å². The molecule has 0 spiro atoms. The number of furan rings is 2. The zero-order chi connectivity index (χ0) is 63.3. The van der Waals surface area contributed by atoms with E-state index in [-0.39, 0.29) is 6.71 Å². The molecule has 1 N–H and O–H groups in total. The average molecular weight is 1240 g/mol. The molecular weight excluding hydrogens is 1180 g/mol. The Morgan fingerprint density at radius 1 is 0.281 bits per heavy atom. The summed E-state index contributed by atoms with van der Waals surface area (Å²) in [5.74, 6) is 0. The standard InChI is InChI=1S/C90H59BN2O2Si/c1-7-26-59(27-8-1)65-55-77(60-28-9-2-10-29-60)88(78(56-65)61-30-11-3-12-31-61)93-82-52-49-64(72-43-25-45-76-74-41-20-22-47-85(74)95-90(72)76)58-80(82)91-79-57-63(71-42-24-44-75-73-40-19-21-46-84(73)94-89(71)75)48-51-81(79)92-87-70(50-53-83(93)86(87)91)62-32-23-39-69(54-62)96(66-33-13-4-14-34-66,67-35-15-5-16-36-67)68-37-17-6-18-38-68/h1-58,92H. The molecule has 0 saturated heterocycles. The Bertz CT molecular complexity index is 5720. The van der Waals surface area contributed by atoms with Gasteiger partial charge in [-0.1, -0.05) is 309 Å². The normalized spacial score (nSPS) is 12.4. The second-order valence-corrected chi connectivity index (χ2v) is 29.2. The van der Waals surface area contributed by atoms with Gasteiger partial charge in [-0.15, -0.1) is 0 Å². The van der Waals surface area contributed by atoms with Gasteiger partial charge in [-0.05, 0) is 119 Å². The summed E-state index contributed by atoms with van der Waals surface area (Å²) in [6, 6.07) is 130. The van der Waals surface area contributed by atoms with E-state index in [0.717, 1.165) is 139 Å². The Morgan fingerprint density at radius 2 is 0.708 bits per heavy atom. The maximum absolute atomic E-state index is 6.92. The summed E-state index contributed by atoms with van der Waals surface area (Å²) >= 11 is 0. The number of para-hydroxylation sites is 4. The number of benzene rings is 15. The maximum Gasteiger partial charge on any atom is 0.252 e. The number of anilines is 5. The van der Waals surface area contributed by atoms with E-state index in [9.17, 15) is 0 Å². The molecular formula is C90H59BN2O2Si. The van der Waals surface area contributed by atoms with Crippen molar-refractivity contribution in [3.05, 3.63) is 352 Å². The van der Waals surface area contributed by atoms with Gasteiger partial charge in [0.25, 0.3) is 6.71 Å². The van der Waals surface area contributed by atoms with Crippen LogP contribution in [0.1, 0.15) is 0 Å². The fraction of sp³-hybridized carbons (Fsp3) is 0. The molecule has 0 atom stereocenters. The summed E-state index contributed by atoms with van der Waals surface area (Å²) < 4.78 is 13.8. The van der Waals surface area contributed by atoms with E-state index >= 15 is 0 Å². The summed E-state index contributed by atoms with van der Waals surface area (Å²) in [5.41, 5.74) is 25.7. The number of rotatable bonds is 11. The molecule has 2 aliphatic rings.